The molecule has 2 bridgehead atoms. The minimum absolute atomic E-state index is 0.0200. The van der Waals surface area contributed by atoms with Gasteiger partial charge in [-0.1, -0.05) is 22.9 Å². The predicted molar refractivity (Wildman–Crippen MR) is 95.0 cm³/mol. The Labute approximate surface area is 153 Å². The summed E-state index contributed by atoms with van der Waals surface area (Å²) in [5, 5.41) is 0. The van der Waals surface area contributed by atoms with Crippen LogP contribution in [0.25, 0.3) is 0 Å². The Balaban J connectivity index is 1.67. The van der Waals surface area contributed by atoms with Gasteiger partial charge in [-0.05, 0) is 38.4 Å². The first kappa shape index (κ1) is 15.3. The van der Waals surface area contributed by atoms with E-state index in [9.17, 15) is 4.79 Å². The first-order chi connectivity index (χ1) is 11.4. The lowest BCUT2D eigenvalue weighted by Gasteiger charge is -2.40. The molecule has 0 aromatic heterocycles. The molecule has 7 heteroatoms. The minimum Gasteiger partial charge on any atom is -0.454 e. The first-order valence-electron chi connectivity index (χ1n) is 8.20. The summed E-state index contributed by atoms with van der Waals surface area (Å²) in [5.41, 5.74) is 1.06. The molecule has 4 aliphatic rings. The largest absolute Gasteiger partial charge is 0.454 e. The normalized spacial score (nSPS) is 39.8. The molecule has 1 spiro atoms. The molecule has 5 rings (SSSR count). The van der Waals surface area contributed by atoms with Crippen molar-refractivity contribution in [3.05, 3.63) is 22.2 Å². The van der Waals surface area contributed by atoms with Crippen molar-refractivity contribution in [2.75, 3.05) is 20.4 Å². The van der Waals surface area contributed by atoms with Gasteiger partial charge in [-0.3, -0.25) is 9.69 Å². The van der Waals surface area contributed by atoms with Crippen molar-refractivity contribution >= 4 is 33.6 Å². The maximum absolute atomic E-state index is 13.3. The number of carbonyl (C=O) groups is 1. The summed E-state index contributed by atoms with van der Waals surface area (Å²) in [6.07, 6.45) is 1.00. The zero-order valence-electron chi connectivity index (χ0n) is 13.8. The molecule has 24 heavy (non-hydrogen) atoms. The molecule has 1 aromatic rings. The van der Waals surface area contributed by atoms with Crippen LogP contribution in [0.5, 0.6) is 11.5 Å². The molecule has 5 nitrogen and oxygen atoms in total. The van der Waals surface area contributed by atoms with Crippen molar-refractivity contribution in [2.45, 2.75) is 36.1 Å². The van der Waals surface area contributed by atoms with E-state index in [-0.39, 0.29) is 23.6 Å². The number of piperazine rings is 1. The highest BCUT2D eigenvalue weighted by atomic mass is 79.9. The Hall–Kier alpha value is -0.920. The Morgan fingerprint density at radius 3 is 2.96 bits per heavy atom. The lowest BCUT2D eigenvalue weighted by molar-refractivity contribution is -0.145. The van der Waals surface area contributed by atoms with E-state index < -0.39 is 4.87 Å². The Morgan fingerprint density at radius 2 is 2.17 bits per heavy atom. The molecule has 3 fully saturated rings. The third-order valence-electron chi connectivity index (χ3n) is 5.93. The van der Waals surface area contributed by atoms with Crippen molar-refractivity contribution < 1.29 is 14.3 Å². The van der Waals surface area contributed by atoms with Crippen molar-refractivity contribution in [1.29, 1.82) is 0 Å². The van der Waals surface area contributed by atoms with Gasteiger partial charge in [0.2, 0.25) is 6.79 Å². The van der Waals surface area contributed by atoms with E-state index in [1.165, 1.54) is 0 Å². The van der Waals surface area contributed by atoms with Gasteiger partial charge in [-0.2, -0.15) is 0 Å². The molecular weight excluding hydrogens is 392 g/mol. The lowest BCUT2D eigenvalue weighted by Crippen LogP contribution is -2.57. The molecule has 1 amide bonds. The maximum atomic E-state index is 13.3. The van der Waals surface area contributed by atoms with Crippen LogP contribution in [0, 0.1) is 5.92 Å². The minimum atomic E-state index is -0.444. The maximum Gasteiger partial charge on any atom is 0.254 e. The van der Waals surface area contributed by atoms with Crippen LogP contribution in [0.1, 0.15) is 31.9 Å². The number of thioether (sulfide) groups is 1. The molecule has 0 N–H and O–H groups in total. The van der Waals surface area contributed by atoms with Crippen LogP contribution in [-0.4, -0.2) is 45.8 Å². The summed E-state index contributed by atoms with van der Waals surface area (Å²) in [6.45, 7) is 5.46. The Kier molecular flexibility index (Phi) is 2.95. The second kappa shape index (κ2) is 4.62. The lowest BCUT2D eigenvalue weighted by atomic mass is 9.93. The molecular formula is C17H19BrN2O3S. The molecule has 4 unspecified atom stereocenters. The number of benzene rings is 1. The summed E-state index contributed by atoms with van der Waals surface area (Å²) < 4.78 is 12.3. The van der Waals surface area contributed by atoms with Gasteiger partial charge in [-0.15, -0.1) is 11.8 Å². The van der Waals surface area contributed by atoms with Gasteiger partial charge in [0.05, 0.1) is 6.04 Å². The number of likely N-dealkylation sites (N-methyl/N-ethyl adjacent to an activating group) is 1. The van der Waals surface area contributed by atoms with Gasteiger partial charge >= 0.3 is 0 Å². The third kappa shape index (κ3) is 1.64. The quantitative estimate of drug-likeness (QED) is 0.710. The number of ether oxygens (including phenoxy) is 2. The fourth-order valence-electron chi connectivity index (χ4n) is 4.86. The molecule has 1 aromatic carbocycles. The number of amides is 1. The summed E-state index contributed by atoms with van der Waals surface area (Å²) in [5.74, 6) is 2.15. The van der Waals surface area contributed by atoms with Crippen LogP contribution < -0.4 is 9.47 Å². The van der Waals surface area contributed by atoms with E-state index in [1.54, 1.807) is 0 Å². The van der Waals surface area contributed by atoms with E-state index in [2.05, 4.69) is 46.6 Å². The summed E-state index contributed by atoms with van der Waals surface area (Å²) in [4.78, 5) is 17.1. The van der Waals surface area contributed by atoms with Crippen LogP contribution in [0.4, 0.5) is 0 Å². The zero-order chi connectivity index (χ0) is 16.9. The number of nitrogens with zero attached hydrogens (tertiary/aromatic N) is 2. The Morgan fingerprint density at radius 1 is 1.38 bits per heavy atom. The van der Waals surface area contributed by atoms with E-state index in [1.807, 2.05) is 23.9 Å². The highest BCUT2D eigenvalue weighted by Gasteiger charge is 2.71. The molecule has 0 radical (unpaired) electrons. The number of fused-ring (bicyclic) bond motifs is 2. The summed E-state index contributed by atoms with van der Waals surface area (Å²) in [7, 11) is 2.06. The molecule has 0 aliphatic carbocycles. The standard InChI is InChI=1S/C17H19BrN2O3S/c1-9-6-17-7-19(3)16(2,24-17)15(21)20(17)13(9)12-10(18)4-5-11-14(12)23-8-22-11/h4-5,9,13H,6-8H2,1-3H3. The SMILES string of the molecule is CC1CC23CN(C)C(C)(S2)C(=O)N3C1c1c(Br)ccc2c1OCO2. The van der Waals surface area contributed by atoms with E-state index in [0.717, 1.165) is 34.5 Å². The number of hydrogen-bond acceptors (Lipinski definition) is 5. The summed E-state index contributed by atoms with van der Waals surface area (Å²) in [6, 6.07) is 3.94. The predicted octanol–water partition coefficient (Wildman–Crippen LogP) is 3.19. The highest BCUT2D eigenvalue weighted by molar-refractivity contribution is 9.10. The molecule has 4 heterocycles. The Bertz CT molecular complexity index is 774. The molecule has 128 valence electrons. The van der Waals surface area contributed by atoms with Gasteiger partial charge in [0, 0.05) is 16.6 Å². The molecule has 3 saturated heterocycles. The van der Waals surface area contributed by atoms with E-state index in [0.29, 0.717) is 5.92 Å². The number of halogens is 1. The average Bonchev–Trinajstić information content (AvgIpc) is 3.19. The topological polar surface area (TPSA) is 42.0 Å². The number of rotatable bonds is 1. The van der Waals surface area contributed by atoms with Gasteiger partial charge in [-0.25, -0.2) is 0 Å². The first-order valence-corrected chi connectivity index (χ1v) is 9.81. The number of hydrogen-bond donors (Lipinski definition) is 0. The second-order valence-electron chi connectivity index (χ2n) is 7.38. The van der Waals surface area contributed by atoms with Crippen molar-refractivity contribution in [3.63, 3.8) is 0 Å². The van der Waals surface area contributed by atoms with E-state index >= 15 is 0 Å². The second-order valence-corrected chi connectivity index (χ2v) is 10.00. The van der Waals surface area contributed by atoms with Gasteiger partial charge in [0.15, 0.2) is 11.5 Å². The van der Waals surface area contributed by atoms with Gasteiger partial charge < -0.3 is 14.4 Å². The fraction of sp³-hybridized carbons (Fsp3) is 0.588. The molecule has 0 saturated carbocycles. The van der Waals surface area contributed by atoms with Crippen molar-refractivity contribution in [2.24, 2.45) is 5.92 Å². The fourth-order valence-corrected chi connectivity index (χ4v) is 7.45. The third-order valence-corrected chi connectivity index (χ3v) is 8.38. The van der Waals surface area contributed by atoms with Gasteiger partial charge in [0.1, 0.15) is 9.74 Å². The van der Waals surface area contributed by atoms with Crippen LogP contribution in [-0.2, 0) is 4.79 Å². The van der Waals surface area contributed by atoms with Crippen LogP contribution in [0.2, 0.25) is 0 Å². The van der Waals surface area contributed by atoms with Crippen molar-refractivity contribution in [3.8, 4) is 11.5 Å². The molecule has 4 aliphatic heterocycles. The van der Waals surface area contributed by atoms with Crippen LogP contribution in [0.3, 0.4) is 0 Å². The number of carbonyl (C=O) groups excluding carboxylic acids is 1. The molecule has 4 atom stereocenters. The van der Waals surface area contributed by atoms with E-state index in [4.69, 9.17) is 9.47 Å². The van der Waals surface area contributed by atoms with Crippen LogP contribution >= 0.6 is 27.7 Å². The highest BCUT2D eigenvalue weighted by Crippen LogP contribution is 2.67. The van der Waals surface area contributed by atoms with Gasteiger partial charge in [0.25, 0.3) is 5.91 Å². The average molecular weight is 411 g/mol. The van der Waals surface area contributed by atoms with Crippen molar-refractivity contribution in [1.82, 2.24) is 9.80 Å². The monoisotopic (exact) mass is 410 g/mol. The van der Waals surface area contributed by atoms with Crippen LogP contribution in [0.15, 0.2) is 16.6 Å². The smallest absolute Gasteiger partial charge is 0.254 e. The zero-order valence-corrected chi connectivity index (χ0v) is 16.2. The summed E-state index contributed by atoms with van der Waals surface area (Å²) >= 11 is 5.51.